The van der Waals surface area contributed by atoms with Crippen LogP contribution in [0.15, 0.2) is 9.59 Å². The van der Waals surface area contributed by atoms with Crippen LogP contribution in [0.3, 0.4) is 0 Å². The van der Waals surface area contributed by atoms with Crippen molar-refractivity contribution in [3.05, 3.63) is 32.1 Å². The third-order valence-electron chi connectivity index (χ3n) is 2.12. The molecule has 14 heavy (non-hydrogen) atoms. The van der Waals surface area contributed by atoms with Crippen LogP contribution in [0.2, 0.25) is 0 Å². The Bertz CT molecular complexity index is 520. The molecular weight excluding hydrogens is 186 g/mol. The summed E-state index contributed by atoms with van der Waals surface area (Å²) in [5.74, 6) is 0. The van der Waals surface area contributed by atoms with Crippen molar-refractivity contribution in [2.24, 2.45) is 0 Å². The Balaban J connectivity index is 2.82. The second kappa shape index (κ2) is 3.12. The van der Waals surface area contributed by atoms with Crippen molar-refractivity contribution >= 4 is 0 Å². The van der Waals surface area contributed by atoms with E-state index in [1.807, 2.05) is 0 Å². The molecule has 0 fully saturated rings. The standard InChI is InChI=1S/C8H7N3O3/c9-3-5-6-4-14-2-1-11(6)8(13)10-7(5)12/h1-2,4H2,(H,10,12,13). The normalized spacial score (nSPS) is 14.5. The maximum Gasteiger partial charge on any atom is 0.328 e. The fourth-order valence-electron chi connectivity index (χ4n) is 1.44. The van der Waals surface area contributed by atoms with E-state index in [0.29, 0.717) is 18.8 Å². The Morgan fingerprint density at radius 1 is 1.50 bits per heavy atom. The molecule has 0 atom stereocenters. The van der Waals surface area contributed by atoms with E-state index in [2.05, 4.69) is 4.98 Å². The van der Waals surface area contributed by atoms with Gasteiger partial charge < -0.3 is 4.74 Å². The fourth-order valence-corrected chi connectivity index (χ4v) is 1.44. The molecule has 0 radical (unpaired) electrons. The number of fused-ring (bicyclic) bond motifs is 1. The summed E-state index contributed by atoms with van der Waals surface area (Å²) in [5, 5.41) is 8.72. The van der Waals surface area contributed by atoms with Crippen LogP contribution in [0.1, 0.15) is 11.3 Å². The molecule has 0 saturated carbocycles. The number of nitriles is 1. The van der Waals surface area contributed by atoms with Gasteiger partial charge in [-0.1, -0.05) is 0 Å². The first-order chi connectivity index (χ1) is 6.74. The molecule has 0 saturated heterocycles. The van der Waals surface area contributed by atoms with Gasteiger partial charge in [-0.3, -0.25) is 14.3 Å². The molecule has 1 N–H and O–H groups in total. The van der Waals surface area contributed by atoms with Crippen LogP contribution in [-0.4, -0.2) is 16.2 Å². The van der Waals surface area contributed by atoms with Gasteiger partial charge in [0.2, 0.25) is 0 Å². The Kier molecular flexibility index (Phi) is 1.94. The van der Waals surface area contributed by atoms with Crippen molar-refractivity contribution in [2.45, 2.75) is 13.2 Å². The SMILES string of the molecule is N#Cc1c2n(c(=O)[nH]c1=O)CCOC2. The summed E-state index contributed by atoms with van der Waals surface area (Å²) in [7, 11) is 0. The van der Waals surface area contributed by atoms with Crippen LogP contribution in [0, 0.1) is 11.3 Å². The van der Waals surface area contributed by atoms with E-state index in [4.69, 9.17) is 10.00 Å². The van der Waals surface area contributed by atoms with Crippen molar-refractivity contribution in [1.29, 1.82) is 5.26 Å². The van der Waals surface area contributed by atoms with Crippen LogP contribution in [0.4, 0.5) is 0 Å². The Hall–Kier alpha value is -1.87. The third-order valence-corrected chi connectivity index (χ3v) is 2.12. The van der Waals surface area contributed by atoms with E-state index in [1.165, 1.54) is 4.57 Å². The van der Waals surface area contributed by atoms with E-state index in [-0.39, 0.29) is 12.2 Å². The average molecular weight is 193 g/mol. The summed E-state index contributed by atoms with van der Waals surface area (Å²) in [5.41, 5.74) is -0.793. The van der Waals surface area contributed by atoms with E-state index < -0.39 is 11.2 Å². The first kappa shape index (κ1) is 8.72. The Morgan fingerprint density at radius 3 is 3.00 bits per heavy atom. The molecule has 1 aromatic heterocycles. The number of rotatable bonds is 0. The van der Waals surface area contributed by atoms with Crippen LogP contribution in [-0.2, 0) is 17.9 Å². The van der Waals surface area contributed by atoms with Crippen LogP contribution >= 0.6 is 0 Å². The van der Waals surface area contributed by atoms with Gasteiger partial charge in [-0.25, -0.2) is 4.79 Å². The molecule has 0 spiro atoms. The van der Waals surface area contributed by atoms with E-state index in [1.54, 1.807) is 6.07 Å². The van der Waals surface area contributed by atoms with E-state index >= 15 is 0 Å². The highest BCUT2D eigenvalue weighted by Crippen LogP contribution is 2.07. The molecule has 0 amide bonds. The molecule has 2 rings (SSSR count). The summed E-state index contributed by atoms with van der Waals surface area (Å²) >= 11 is 0. The molecule has 0 aliphatic carbocycles. The summed E-state index contributed by atoms with van der Waals surface area (Å²) in [6, 6.07) is 1.77. The molecule has 1 aliphatic rings. The molecule has 72 valence electrons. The number of ether oxygens (including phenoxy) is 1. The molecule has 0 aromatic carbocycles. The zero-order chi connectivity index (χ0) is 10.1. The number of H-pyrrole nitrogens is 1. The summed E-state index contributed by atoms with van der Waals surface area (Å²) in [4.78, 5) is 24.6. The molecule has 0 unspecified atom stereocenters. The molecule has 6 nitrogen and oxygen atoms in total. The van der Waals surface area contributed by atoms with Gasteiger partial charge in [0.05, 0.1) is 25.5 Å². The molecule has 2 heterocycles. The maximum absolute atomic E-state index is 11.3. The number of nitrogens with one attached hydrogen (secondary N) is 1. The Labute approximate surface area is 78.4 Å². The van der Waals surface area contributed by atoms with Gasteiger partial charge in [0, 0.05) is 0 Å². The topological polar surface area (TPSA) is 87.9 Å². The number of aromatic amines is 1. The summed E-state index contributed by atoms with van der Waals surface area (Å²) < 4.78 is 6.45. The zero-order valence-corrected chi connectivity index (χ0v) is 7.24. The molecule has 1 aliphatic heterocycles. The van der Waals surface area contributed by atoms with Crippen molar-refractivity contribution in [3.8, 4) is 6.07 Å². The highest BCUT2D eigenvalue weighted by Gasteiger charge is 2.17. The van der Waals surface area contributed by atoms with Crippen LogP contribution in [0.5, 0.6) is 0 Å². The smallest absolute Gasteiger partial charge is 0.328 e. The lowest BCUT2D eigenvalue weighted by Gasteiger charge is -2.18. The molecule has 1 aromatic rings. The van der Waals surface area contributed by atoms with Gasteiger partial charge in [-0.05, 0) is 0 Å². The maximum atomic E-state index is 11.3. The van der Waals surface area contributed by atoms with Gasteiger partial charge in [-0.15, -0.1) is 0 Å². The van der Waals surface area contributed by atoms with Gasteiger partial charge in [-0.2, -0.15) is 5.26 Å². The van der Waals surface area contributed by atoms with E-state index in [9.17, 15) is 9.59 Å². The van der Waals surface area contributed by atoms with E-state index in [0.717, 1.165) is 0 Å². The van der Waals surface area contributed by atoms with Gasteiger partial charge in [0.15, 0.2) is 0 Å². The molecule has 6 heteroatoms. The zero-order valence-electron chi connectivity index (χ0n) is 7.24. The largest absolute Gasteiger partial charge is 0.373 e. The first-order valence-electron chi connectivity index (χ1n) is 4.08. The quantitative estimate of drug-likeness (QED) is 0.568. The predicted octanol–water partition coefficient (Wildman–Crippen LogP) is -1.06. The highest BCUT2D eigenvalue weighted by molar-refractivity contribution is 5.30. The minimum absolute atomic E-state index is 0.0377. The lowest BCUT2D eigenvalue weighted by molar-refractivity contribution is 0.0812. The summed E-state index contributed by atoms with van der Waals surface area (Å²) in [6.45, 7) is 0.936. The second-order valence-electron chi connectivity index (χ2n) is 2.90. The lowest BCUT2D eigenvalue weighted by Crippen LogP contribution is -2.38. The van der Waals surface area contributed by atoms with Gasteiger partial charge >= 0.3 is 5.69 Å². The van der Waals surface area contributed by atoms with Crippen molar-refractivity contribution in [2.75, 3.05) is 6.61 Å². The van der Waals surface area contributed by atoms with Crippen molar-refractivity contribution in [1.82, 2.24) is 9.55 Å². The summed E-state index contributed by atoms with van der Waals surface area (Å²) in [6.07, 6.45) is 0. The number of hydrogen-bond donors (Lipinski definition) is 1. The first-order valence-corrected chi connectivity index (χ1v) is 4.08. The molecule has 0 bridgehead atoms. The van der Waals surface area contributed by atoms with Crippen LogP contribution in [0.25, 0.3) is 0 Å². The highest BCUT2D eigenvalue weighted by atomic mass is 16.5. The fraction of sp³-hybridized carbons (Fsp3) is 0.375. The number of aromatic nitrogens is 2. The van der Waals surface area contributed by atoms with Gasteiger partial charge in [0.25, 0.3) is 5.56 Å². The Morgan fingerprint density at radius 2 is 2.29 bits per heavy atom. The minimum atomic E-state index is -0.644. The lowest BCUT2D eigenvalue weighted by atomic mass is 10.2. The van der Waals surface area contributed by atoms with Crippen molar-refractivity contribution in [3.63, 3.8) is 0 Å². The number of nitrogens with zero attached hydrogens (tertiary/aromatic N) is 2. The average Bonchev–Trinajstić information content (AvgIpc) is 2.18. The van der Waals surface area contributed by atoms with Gasteiger partial charge in [0.1, 0.15) is 11.6 Å². The molecular formula is C8H7N3O3. The predicted molar refractivity (Wildman–Crippen MR) is 45.7 cm³/mol. The monoisotopic (exact) mass is 193 g/mol. The second-order valence-corrected chi connectivity index (χ2v) is 2.90. The number of hydrogen-bond acceptors (Lipinski definition) is 4. The minimum Gasteiger partial charge on any atom is -0.373 e. The third kappa shape index (κ3) is 1.15. The van der Waals surface area contributed by atoms with Crippen LogP contribution < -0.4 is 11.2 Å². The van der Waals surface area contributed by atoms with Crippen molar-refractivity contribution < 1.29 is 4.74 Å².